The van der Waals surface area contributed by atoms with E-state index in [1.54, 1.807) is 48.5 Å². The average Bonchev–Trinajstić information content (AvgIpc) is 4.07. The highest BCUT2D eigenvalue weighted by molar-refractivity contribution is 6.00. The summed E-state index contributed by atoms with van der Waals surface area (Å²) in [7, 11) is 0. The first-order valence-corrected chi connectivity index (χ1v) is 25.2. The van der Waals surface area contributed by atoms with Crippen LogP contribution in [-0.2, 0) is 43.5 Å². The Morgan fingerprint density at radius 3 is 2.01 bits per heavy atom. The van der Waals surface area contributed by atoms with E-state index in [1.807, 2.05) is 25.1 Å². The Balaban J connectivity index is 0.753. The Kier molecular flexibility index (Phi) is 17.3. The molecule has 5 heterocycles. The number of nitrogens with zero attached hydrogens (tertiary/aromatic N) is 3. The quantitative estimate of drug-likeness (QED) is 0.0220. The Hall–Kier alpha value is -7.86. The van der Waals surface area contributed by atoms with Gasteiger partial charge in [-0.3, -0.25) is 24.0 Å². The van der Waals surface area contributed by atoms with Crippen LogP contribution in [0.1, 0.15) is 105 Å². The molecular weight excluding hydrogens is 931 g/mol. The molecule has 18 heteroatoms. The molecule has 7 N–H and O–H groups in total. The zero-order chi connectivity index (χ0) is 51.2. The number of carbonyl (C=O) groups excluding carboxylic acids is 5. The number of rotatable bonds is 25. The van der Waals surface area contributed by atoms with Crippen molar-refractivity contribution >= 4 is 47.0 Å². The maximum Gasteiger partial charge on any atom is 0.484 e. The molecule has 5 aromatic rings. The molecule has 0 radical (unpaired) electrons. The second-order valence-corrected chi connectivity index (χ2v) is 19.1. The van der Waals surface area contributed by atoms with E-state index in [-0.39, 0.29) is 50.6 Å². The van der Waals surface area contributed by atoms with E-state index in [4.69, 9.17) is 9.47 Å². The molecule has 0 fully saturated rings. The van der Waals surface area contributed by atoms with Crippen molar-refractivity contribution in [3.05, 3.63) is 144 Å². The number of hydrogen-bond donors (Lipinski definition) is 7. The lowest BCUT2D eigenvalue weighted by Crippen LogP contribution is -2.62. The third-order valence-corrected chi connectivity index (χ3v) is 13.7. The number of benzene rings is 3. The molecule has 0 saturated carbocycles. The Labute approximate surface area is 425 Å². The number of carbonyl (C=O) groups is 6. The van der Waals surface area contributed by atoms with Crippen molar-refractivity contribution in [2.24, 2.45) is 0 Å². The van der Waals surface area contributed by atoms with Crippen LogP contribution < -0.4 is 50.5 Å². The van der Waals surface area contributed by atoms with Crippen LogP contribution in [0, 0.1) is 6.92 Å². The molecule has 0 bridgehead atoms. The largest absolute Gasteiger partial charge is 0.484 e. The first-order valence-electron chi connectivity index (χ1n) is 25.2. The van der Waals surface area contributed by atoms with Gasteiger partial charge in [0.1, 0.15) is 6.04 Å². The Morgan fingerprint density at radius 1 is 0.685 bits per heavy atom. The molecular formula is C55H66N9O9+3. The number of amides is 6. The maximum atomic E-state index is 13.9. The number of carboxylic acids is 1. The second kappa shape index (κ2) is 24.5. The number of unbranched alkanes of at least 4 members (excludes halogenated alkanes) is 4. The highest BCUT2D eigenvalue weighted by atomic mass is 16.7. The molecule has 2 aromatic heterocycles. The molecule has 0 aliphatic carbocycles. The number of ether oxygens (including phenoxy) is 2. The number of aryl methyl sites for hydroxylation is 1. The minimum Gasteiger partial charge on any atom is -0.481 e. The third-order valence-electron chi connectivity index (χ3n) is 13.7. The zero-order valence-corrected chi connectivity index (χ0v) is 41.3. The third kappa shape index (κ3) is 13.8. The van der Waals surface area contributed by atoms with Gasteiger partial charge in [-0.2, -0.15) is 4.48 Å². The summed E-state index contributed by atoms with van der Waals surface area (Å²) in [6.45, 7) is 5.87. The predicted molar refractivity (Wildman–Crippen MR) is 269 cm³/mol. The van der Waals surface area contributed by atoms with Gasteiger partial charge in [0.2, 0.25) is 41.8 Å². The first kappa shape index (κ1) is 51.5. The molecule has 18 nitrogen and oxygen atoms in total. The summed E-state index contributed by atoms with van der Waals surface area (Å²) in [4.78, 5) is 77.3. The van der Waals surface area contributed by atoms with Crippen LogP contribution in [0.2, 0.25) is 0 Å². The SMILES string of the molecule is Cc1ccccc1NC(=O)Nc1ccc(CC(=O)N[C@@H](CCCCNC(=O)CCC(=O)NCCCCCC[N+]23Cc4cccc[n+]4C2[n+]2ccccc2C3)C(=O)N[C@@H](CC(=O)O)c2ccc3c(c2)OCO3)cc1. The van der Waals surface area contributed by atoms with E-state index in [0.29, 0.717) is 59.9 Å². The lowest BCUT2D eigenvalue weighted by Gasteiger charge is -2.24. The second-order valence-electron chi connectivity index (χ2n) is 19.1. The fraction of sp³-hybridized carbons (Fsp3) is 0.382. The van der Waals surface area contributed by atoms with Crippen LogP contribution in [0.25, 0.3) is 0 Å². The number of hydrogen-bond acceptors (Lipinski definition) is 8. The summed E-state index contributed by atoms with van der Waals surface area (Å²) in [6, 6.07) is 29.6. The number of nitrogens with one attached hydrogen (secondary N) is 6. The van der Waals surface area contributed by atoms with Gasteiger partial charge < -0.3 is 46.5 Å². The first-order chi connectivity index (χ1) is 35.4. The smallest absolute Gasteiger partial charge is 0.481 e. The normalized spacial score (nSPS) is 16.5. The molecule has 6 amide bonds. The molecule has 3 aliphatic rings. The van der Waals surface area contributed by atoms with Gasteiger partial charge in [0, 0.05) is 61.6 Å². The maximum absolute atomic E-state index is 13.9. The Bertz CT molecular complexity index is 2740. The summed E-state index contributed by atoms with van der Waals surface area (Å²) in [5, 5.41) is 26.8. The van der Waals surface area contributed by atoms with Crippen molar-refractivity contribution in [1.82, 2.24) is 21.3 Å². The fourth-order valence-corrected chi connectivity index (χ4v) is 9.97. The number of para-hydroxylation sites is 1. The lowest BCUT2D eigenvalue weighted by molar-refractivity contribution is -1.16. The molecule has 73 heavy (non-hydrogen) atoms. The van der Waals surface area contributed by atoms with Gasteiger partial charge in [0.05, 0.1) is 25.4 Å². The van der Waals surface area contributed by atoms with Crippen molar-refractivity contribution in [3.63, 3.8) is 0 Å². The van der Waals surface area contributed by atoms with E-state index in [1.165, 1.54) is 11.4 Å². The van der Waals surface area contributed by atoms with Crippen LogP contribution >= 0.6 is 0 Å². The van der Waals surface area contributed by atoms with E-state index in [9.17, 15) is 33.9 Å². The molecule has 0 saturated heterocycles. The number of quaternary nitrogens is 1. The van der Waals surface area contributed by atoms with Gasteiger partial charge in [-0.25, -0.2) is 4.79 Å². The van der Waals surface area contributed by atoms with Gasteiger partial charge in [0.15, 0.2) is 37.0 Å². The van der Waals surface area contributed by atoms with Crippen LogP contribution in [0.5, 0.6) is 11.5 Å². The minimum atomic E-state index is -1.14. The number of fused-ring (bicyclic) bond motifs is 6. The average molecular weight is 997 g/mol. The number of urea groups is 1. The summed E-state index contributed by atoms with van der Waals surface area (Å²) < 4.78 is 16.7. The number of carboxylic acid groups (broad SMARTS) is 1. The lowest BCUT2D eigenvalue weighted by atomic mass is 10.0. The van der Waals surface area contributed by atoms with Gasteiger partial charge in [-0.05, 0) is 105 Å². The van der Waals surface area contributed by atoms with Gasteiger partial charge in [-0.15, -0.1) is 0 Å². The Morgan fingerprint density at radius 2 is 1.33 bits per heavy atom. The zero-order valence-electron chi connectivity index (χ0n) is 41.3. The summed E-state index contributed by atoms with van der Waals surface area (Å²) in [5.41, 5.74) is 5.95. The number of aromatic nitrogens is 2. The van der Waals surface area contributed by atoms with E-state index in [0.717, 1.165) is 55.4 Å². The van der Waals surface area contributed by atoms with Crippen LogP contribution in [0.3, 0.4) is 0 Å². The van der Waals surface area contributed by atoms with Crippen LogP contribution in [0.4, 0.5) is 16.2 Å². The fourth-order valence-electron chi connectivity index (χ4n) is 9.97. The summed E-state index contributed by atoms with van der Waals surface area (Å²) >= 11 is 0. The molecule has 382 valence electrons. The highest BCUT2D eigenvalue weighted by Crippen LogP contribution is 2.36. The molecule has 0 unspecified atom stereocenters. The highest BCUT2D eigenvalue weighted by Gasteiger charge is 2.63. The van der Waals surface area contributed by atoms with Gasteiger partial charge in [-0.1, -0.05) is 52.0 Å². The monoisotopic (exact) mass is 996 g/mol. The van der Waals surface area contributed by atoms with Crippen LogP contribution in [-0.4, -0.2) is 77.7 Å². The van der Waals surface area contributed by atoms with Crippen LogP contribution in [0.15, 0.2) is 116 Å². The van der Waals surface area contributed by atoms with E-state index in [2.05, 4.69) is 89.8 Å². The van der Waals surface area contributed by atoms with Gasteiger partial charge in [0.25, 0.3) is 0 Å². The summed E-state index contributed by atoms with van der Waals surface area (Å²) in [5.74, 6) is -1.66. The summed E-state index contributed by atoms with van der Waals surface area (Å²) in [6.07, 6.45) is 9.39. The van der Waals surface area contributed by atoms with Crippen molar-refractivity contribution in [2.45, 2.75) is 109 Å². The van der Waals surface area contributed by atoms with Crippen molar-refractivity contribution in [1.29, 1.82) is 0 Å². The van der Waals surface area contributed by atoms with Crippen molar-refractivity contribution < 1.29 is 57.0 Å². The van der Waals surface area contributed by atoms with E-state index < -0.39 is 42.3 Å². The molecule has 0 spiro atoms. The number of anilines is 2. The standard InChI is InChI=1S/C55H63N9O9/c1-38-14-4-5-17-44(38)61-54(71)58-41-22-19-39(20-23-41)32-51(67)59-45(53(70)60-46(34-52(68)69)40-21-24-47-48(33-40)73-37-72-47)18-6-10-28-57-50(66)26-25-49(65)56-27-9-2-3-13-31-64-35-42-15-7-11-29-62(42)55(64)63-30-12-8-16-43(63)36-64/h4-5,7-8,11-12,14-17,19-24,29-30,33,45-46,55H,2-3,6,9-10,13,18,25-28,31-32,34-37H2,1H3,(H4-3,56,57,58,59,60,61,65,66,67,68,69,70,71)/p+3/t45-,46-,55?,64?/m0/s1. The van der Waals surface area contributed by atoms with Crippen molar-refractivity contribution in [3.8, 4) is 11.5 Å². The number of pyridine rings is 2. The van der Waals surface area contributed by atoms with Crippen molar-refractivity contribution in [2.75, 3.05) is 37.1 Å². The molecule has 2 atom stereocenters. The molecule has 8 rings (SSSR count). The topological polar surface area (TPSA) is 221 Å². The molecule has 3 aromatic carbocycles. The molecule has 3 aliphatic heterocycles. The van der Waals surface area contributed by atoms with Gasteiger partial charge >= 0.3 is 18.3 Å². The van der Waals surface area contributed by atoms with E-state index >= 15 is 0 Å². The minimum absolute atomic E-state index is 0.0229. The predicted octanol–water partition coefficient (Wildman–Crippen LogP) is 5.59. The number of aliphatic carboxylic acids is 1.